The summed E-state index contributed by atoms with van der Waals surface area (Å²) in [5, 5.41) is 3.92. The van der Waals surface area contributed by atoms with Gasteiger partial charge in [-0.15, -0.1) is 11.6 Å². The van der Waals surface area contributed by atoms with Crippen LogP contribution in [0.15, 0.2) is 29.3 Å². The molecule has 1 saturated carbocycles. The monoisotopic (exact) mass is 509 g/mol. The summed E-state index contributed by atoms with van der Waals surface area (Å²) in [5.41, 5.74) is 2.26. The molecule has 0 amide bonds. The number of fused-ring (bicyclic) bond motifs is 1. The normalized spacial score (nSPS) is 17.1. The molecule has 0 spiro atoms. The number of pyridine rings is 2. The van der Waals surface area contributed by atoms with Crippen LogP contribution in [0.4, 0.5) is 17.5 Å². The number of Topliss-reactive ketones (excluding diaryl/α,β-unsaturated/α-hetero) is 1. The summed E-state index contributed by atoms with van der Waals surface area (Å²) in [5.74, 6) is 1.44. The van der Waals surface area contributed by atoms with Gasteiger partial charge in [-0.2, -0.15) is 4.98 Å². The molecule has 5 rings (SSSR count). The minimum Gasteiger partial charge on any atom is -0.368 e. The SMILES string of the molecule is CC(=O)c1c(C)c2cnc(Nc3ccc(N4CCN(CCCl)CC4)cn3)nc2n(C2CCCC2)c1=O. The Morgan fingerprint density at radius 3 is 2.50 bits per heavy atom. The molecule has 1 aliphatic heterocycles. The lowest BCUT2D eigenvalue weighted by Crippen LogP contribution is -2.47. The van der Waals surface area contributed by atoms with E-state index in [-0.39, 0.29) is 22.9 Å². The Morgan fingerprint density at radius 2 is 1.86 bits per heavy atom. The summed E-state index contributed by atoms with van der Waals surface area (Å²) in [7, 11) is 0. The fourth-order valence-electron chi connectivity index (χ4n) is 5.42. The standard InChI is InChI=1S/C26H32ClN7O2/c1-17-21-16-29-26(31-24(21)34(19-5-3-4-6-19)25(36)23(17)18(2)35)30-22-8-7-20(15-28-22)33-13-11-32(10-9-27)12-14-33/h7-8,15-16,19H,3-6,9-14H2,1-2H3,(H,28,29,30,31). The van der Waals surface area contributed by atoms with Crippen LogP contribution >= 0.6 is 11.6 Å². The Bertz CT molecular complexity index is 1310. The van der Waals surface area contributed by atoms with Crippen LogP contribution in [-0.2, 0) is 0 Å². The average Bonchev–Trinajstić information content (AvgIpc) is 3.39. The molecule has 0 aromatic carbocycles. The van der Waals surface area contributed by atoms with E-state index in [1.54, 1.807) is 17.7 Å². The second-order valence-corrected chi connectivity index (χ2v) is 10.0. The first-order valence-electron chi connectivity index (χ1n) is 12.7. The van der Waals surface area contributed by atoms with Gasteiger partial charge in [0.1, 0.15) is 11.5 Å². The molecule has 1 aliphatic carbocycles. The number of aromatic nitrogens is 4. The topological polar surface area (TPSA) is 96.2 Å². The fraction of sp³-hybridized carbons (Fsp3) is 0.500. The molecular formula is C26H32ClN7O2. The van der Waals surface area contributed by atoms with Gasteiger partial charge >= 0.3 is 0 Å². The van der Waals surface area contributed by atoms with Gasteiger partial charge in [-0.3, -0.25) is 19.1 Å². The highest BCUT2D eigenvalue weighted by molar-refractivity contribution is 6.18. The van der Waals surface area contributed by atoms with E-state index >= 15 is 0 Å². The Labute approximate surface area is 215 Å². The summed E-state index contributed by atoms with van der Waals surface area (Å²) < 4.78 is 1.72. The number of anilines is 3. The molecule has 0 atom stereocenters. The molecule has 0 bridgehead atoms. The number of nitrogens with one attached hydrogen (secondary N) is 1. The number of nitrogens with zero attached hydrogens (tertiary/aromatic N) is 6. The van der Waals surface area contributed by atoms with E-state index in [9.17, 15) is 9.59 Å². The molecule has 2 fully saturated rings. The molecular weight excluding hydrogens is 478 g/mol. The van der Waals surface area contributed by atoms with Gasteiger partial charge < -0.3 is 10.2 Å². The lowest BCUT2D eigenvalue weighted by atomic mass is 10.0. The van der Waals surface area contributed by atoms with Crippen molar-refractivity contribution in [1.82, 2.24) is 24.4 Å². The lowest BCUT2D eigenvalue weighted by Gasteiger charge is -2.35. The van der Waals surface area contributed by atoms with Crippen molar-refractivity contribution in [3.63, 3.8) is 0 Å². The van der Waals surface area contributed by atoms with Crippen molar-refractivity contribution in [1.29, 1.82) is 0 Å². The summed E-state index contributed by atoms with van der Waals surface area (Å²) in [4.78, 5) is 44.2. The zero-order valence-corrected chi connectivity index (χ0v) is 21.6. The number of alkyl halides is 1. The van der Waals surface area contributed by atoms with Crippen molar-refractivity contribution in [3.8, 4) is 0 Å². The predicted octanol–water partition coefficient (Wildman–Crippen LogP) is 3.92. The second kappa shape index (κ2) is 10.5. The predicted molar refractivity (Wildman–Crippen MR) is 143 cm³/mol. The van der Waals surface area contributed by atoms with Crippen molar-refractivity contribution in [2.45, 2.75) is 45.6 Å². The third-order valence-corrected chi connectivity index (χ3v) is 7.55. The maximum atomic E-state index is 13.4. The van der Waals surface area contributed by atoms with Crippen LogP contribution in [-0.4, -0.2) is 68.8 Å². The quantitative estimate of drug-likeness (QED) is 0.378. The van der Waals surface area contributed by atoms with Gasteiger partial charge in [-0.1, -0.05) is 12.8 Å². The van der Waals surface area contributed by atoms with Crippen molar-refractivity contribution >= 4 is 45.9 Å². The van der Waals surface area contributed by atoms with Gasteiger partial charge in [0.2, 0.25) is 5.95 Å². The third kappa shape index (κ3) is 4.82. The molecule has 36 heavy (non-hydrogen) atoms. The molecule has 3 aromatic rings. The van der Waals surface area contributed by atoms with E-state index in [0.29, 0.717) is 28.9 Å². The zero-order chi connectivity index (χ0) is 25.2. The molecule has 190 valence electrons. The number of aryl methyl sites for hydroxylation is 1. The first kappa shape index (κ1) is 24.6. The summed E-state index contributed by atoms with van der Waals surface area (Å²) >= 11 is 5.87. The minimum atomic E-state index is -0.252. The Morgan fingerprint density at radius 1 is 1.11 bits per heavy atom. The van der Waals surface area contributed by atoms with Crippen LogP contribution < -0.4 is 15.8 Å². The van der Waals surface area contributed by atoms with Crippen molar-refractivity contribution < 1.29 is 4.79 Å². The lowest BCUT2D eigenvalue weighted by molar-refractivity contribution is 0.101. The second-order valence-electron chi connectivity index (χ2n) is 9.64. The van der Waals surface area contributed by atoms with Crippen LogP contribution in [0, 0.1) is 6.92 Å². The summed E-state index contributed by atoms with van der Waals surface area (Å²) in [6.45, 7) is 8.04. The third-order valence-electron chi connectivity index (χ3n) is 7.38. The van der Waals surface area contributed by atoms with Gasteiger partial charge in [-0.25, -0.2) is 9.97 Å². The Kier molecular flexibility index (Phi) is 7.20. The molecule has 0 unspecified atom stereocenters. The van der Waals surface area contributed by atoms with Crippen LogP contribution in [0.2, 0.25) is 0 Å². The highest BCUT2D eigenvalue weighted by Gasteiger charge is 2.26. The smallest absolute Gasteiger partial charge is 0.263 e. The summed E-state index contributed by atoms with van der Waals surface area (Å²) in [6.07, 6.45) is 7.51. The van der Waals surface area contributed by atoms with E-state index in [1.807, 2.05) is 18.3 Å². The highest BCUT2D eigenvalue weighted by atomic mass is 35.5. The molecule has 10 heteroatoms. The van der Waals surface area contributed by atoms with E-state index in [0.717, 1.165) is 69.5 Å². The van der Waals surface area contributed by atoms with E-state index in [1.165, 1.54) is 6.92 Å². The maximum absolute atomic E-state index is 13.4. The van der Waals surface area contributed by atoms with E-state index in [2.05, 4.69) is 25.1 Å². The number of ketones is 1. The Hall–Kier alpha value is -3.04. The molecule has 2 aliphatic rings. The maximum Gasteiger partial charge on any atom is 0.263 e. The minimum absolute atomic E-state index is 0.0452. The molecule has 1 N–H and O–H groups in total. The number of piperazine rings is 1. The molecule has 0 radical (unpaired) electrons. The number of rotatable bonds is 7. The van der Waals surface area contributed by atoms with Gasteiger partial charge in [0.25, 0.3) is 5.56 Å². The van der Waals surface area contributed by atoms with Gasteiger partial charge in [0.05, 0.1) is 17.4 Å². The summed E-state index contributed by atoms with van der Waals surface area (Å²) in [6, 6.07) is 4.01. The first-order chi connectivity index (χ1) is 17.5. The zero-order valence-electron chi connectivity index (χ0n) is 20.8. The number of hydrogen-bond donors (Lipinski definition) is 1. The average molecular weight is 510 g/mol. The van der Waals surface area contributed by atoms with Gasteiger partial charge in [-0.05, 0) is 44.4 Å². The molecule has 1 saturated heterocycles. The largest absolute Gasteiger partial charge is 0.368 e. The Balaban J connectivity index is 1.41. The number of halogens is 1. The number of carbonyl (C=O) groups is 1. The van der Waals surface area contributed by atoms with Crippen molar-refractivity contribution in [2.75, 3.05) is 48.8 Å². The van der Waals surface area contributed by atoms with E-state index < -0.39 is 0 Å². The fourth-order valence-corrected chi connectivity index (χ4v) is 5.66. The number of hydrogen-bond acceptors (Lipinski definition) is 8. The van der Waals surface area contributed by atoms with Crippen molar-refractivity contribution in [2.24, 2.45) is 0 Å². The first-order valence-corrected chi connectivity index (χ1v) is 13.2. The number of carbonyl (C=O) groups excluding carboxylic acids is 1. The van der Waals surface area contributed by atoms with Gasteiger partial charge in [0, 0.05) is 56.2 Å². The van der Waals surface area contributed by atoms with Crippen LogP contribution in [0.25, 0.3) is 11.0 Å². The van der Waals surface area contributed by atoms with Crippen LogP contribution in [0.5, 0.6) is 0 Å². The van der Waals surface area contributed by atoms with Crippen LogP contribution in [0.3, 0.4) is 0 Å². The van der Waals surface area contributed by atoms with E-state index in [4.69, 9.17) is 16.6 Å². The molecule has 3 aromatic heterocycles. The molecule has 9 nitrogen and oxygen atoms in total. The van der Waals surface area contributed by atoms with Crippen LogP contribution in [0.1, 0.15) is 54.6 Å². The van der Waals surface area contributed by atoms with Crippen molar-refractivity contribution in [3.05, 3.63) is 46.0 Å². The highest BCUT2D eigenvalue weighted by Crippen LogP contribution is 2.32. The van der Waals surface area contributed by atoms with Gasteiger partial charge in [0.15, 0.2) is 5.78 Å². The molecule has 4 heterocycles.